The van der Waals surface area contributed by atoms with Crippen LogP contribution >= 0.6 is 0 Å². The molecule has 1 fully saturated rings. The maximum absolute atomic E-state index is 4.74. The van der Waals surface area contributed by atoms with Crippen molar-refractivity contribution in [1.82, 2.24) is 15.8 Å². The van der Waals surface area contributed by atoms with Gasteiger partial charge in [0.25, 0.3) is 0 Å². The Morgan fingerprint density at radius 2 is 2.53 bits per heavy atom. The normalized spacial score (nSPS) is 25.1. The van der Waals surface area contributed by atoms with Crippen LogP contribution < -0.4 is 10.6 Å². The second kappa shape index (κ2) is 4.33. The molecule has 0 spiro atoms. The molecule has 5 nitrogen and oxygen atoms in total. The Labute approximate surface area is 88.9 Å². The summed E-state index contributed by atoms with van der Waals surface area (Å²) in [7, 11) is 1.77. The van der Waals surface area contributed by atoms with Crippen LogP contribution in [0.1, 0.15) is 19.0 Å². The van der Waals surface area contributed by atoms with Gasteiger partial charge in [-0.2, -0.15) is 0 Å². The number of hydrogen-bond acceptors (Lipinski definition) is 3. The van der Waals surface area contributed by atoms with E-state index < -0.39 is 0 Å². The molecule has 0 saturated heterocycles. The van der Waals surface area contributed by atoms with Gasteiger partial charge in [0, 0.05) is 19.2 Å². The first kappa shape index (κ1) is 10.0. The molecule has 5 heteroatoms. The van der Waals surface area contributed by atoms with Crippen LogP contribution in [-0.2, 0) is 6.54 Å². The predicted octanol–water partition coefficient (Wildman–Crippen LogP) is 0.748. The minimum absolute atomic E-state index is 0.577. The van der Waals surface area contributed by atoms with Crippen LogP contribution in [0.2, 0.25) is 0 Å². The van der Waals surface area contributed by atoms with E-state index in [9.17, 15) is 0 Å². The fraction of sp³-hybridized carbons (Fsp3) is 0.600. The molecule has 2 N–H and O–H groups in total. The Bertz CT molecular complexity index is 333. The minimum Gasteiger partial charge on any atom is -0.364 e. The van der Waals surface area contributed by atoms with E-state index in [1.807, 2.05) is 6.07 Å². The maximum Gasteiger partial charge on any atom is 0.191 e. The lowest BCUT2D eigenvalue weighted by Crippen LogP contribution is -2.38. The Morgan fingerprint density at radius 1 is 1.73 bits per heavy atom. The summed E-state index contributed by atoms with van der Waals surface area (Å²) < 4.78 is 4.74. The largest absolute Gasteiger partial charge is 0.364 e. The second-order valence-corrected chi connectivity index (χ2v) is 3.88. The van der Waals surface area contributed by atoms with Crippen LogP contribution in [0, 0.1) is 5.92 Å². The molecular formula is C10H16N4O. The zero-order valence-corrected chi connectivity index (χ0v) is 9.03. The summed E-state index contributed by atoms with van der Waals surface area (Å²) >= 11 is 0. The summed E-state index contributed by atoms with van der Waals surface area (Å²) in [6.07, 6.45) is 2.79. The molecule has 1 aromatic rings. The first-order valence-corrected chi connectivity index (χ1v) is 5.16. The summed E-state index contributed by atoms with van der Waals surface area (Å²) in [4.78, 5) is 4.14. The molecule has 0 bridgehead atoms. The van der Waals surface area contributed by atoms with E-state index in [0.29, 0.717) is 12.6 Å². The number of hydrogen-bond donors (Lipinski definition) is 2. The second-order valence-electron chi connectivity index (χ2n) is 3.88. The van der Waals surface area contributed by atoms with Gasteiger partial charge < -0.3 is 15.2 Å². The van der Waals surface area contributed by atoms with Crippen molar-refractivity contribution in [2.75, 3.05) is 7.05 Å². The van der Waals surface area contributed by atoms with E-state index in [4.69, 9.17) is 4.52 Å². The average Bonchev–Trinajstić information content (AvgIpc) is 2.74. The van der Waals surface area contributed by atoms with Gasteiger partial charge in [-0.25, -0.2) is 0 Å². The highest BCUT2D eigenvalue weighted by molar-refractivity contribution is 5.80. The number of nitrogens with one attached hydrogen (secondary N) is 2. The SMILES string of the molecule is CN=C(NCc1ccon1)NC1CC1C. The van der Waals surface area contributed by atoms with Gasteiger partial charge in [-0.05, 0) is 12.3 Å². The number of rotatable bonds is 3. The lowest BCUT2D eigenvalue weighted by molar-refractivity contribution is 0.410. The molecule has 0 radical (unpaired) electrons. The van der Waals surface area contributed by atoms with Crippen molar-refractivity contribution in [2.24, 2.45) is 10.9 Å². The van der Waals surface area contributed by atoms with Gasteiger partial charge in [0.2, 0.25) is 0 Å². The third-order valence-electron chi connectivity index (χ3n) is 2.58. The van der Waals surface area contributed by atoms with E-state index in [1.165, 1.54) is 6.42 Å². The van der Waals surface area contributed by atoms with E-state index in [2.05, 4.69) is 27.7 Å². The summed E-state index contributed by atoms with van der Waals surface area (Å²) in [6, 6.07) is 2.41. The average molecular weight is 208 g/mol. The van der Waals surface area contributed by atoms with Gasteiger partial charge in [-0.15, -0.1) is 0 Å². The van der Waals surface area contributed by atoms with Gasteiger partial charge in [-0.3, -0.25) is 4.99 Å². The van der Waals surface area contributed by atoms with E-state index in [0.717, 1.165) is 17.6 Å². The molecule has 82 valence electrons. The number of aliphatic imine (C=N–C) groups is 1. The molecule has 0 aromatic carbocycles. The molecule has 2 rings (SSSR count). The van der Waals surface area contributed by atoms with Crippen molar-refractivity contribution in [1.29, 1.82) is 0 Å². The van der Waals surface area contributed by atoms with Crippen molar-refractivity contribution >= 4 is 5.96 Å². The molecule has 1 saturated carbocycles. The molecule has 0 aliphatic heterocycles. The van der Waals surface area contributed by atoms with Crippen LogP contribution in [0.3, 0.4) is 0 Å². The number of nitrogens with zero attached hydrogens (tertiary/aromatic N) is 2. The van der Waals surface area contributed by atoms with Gasteiger partial charge in [0.05, 0.1) is 6.54 Å². The van der Waals surface area contributed by atoms with Gasteiger partial charge >= 0.3 is 0 Å². The summed E-state index contributed by atoms with van der Waals surface area (Å²) in [6.45, 7) is 2.86. The predicted molar refractivity (Wildman–Crippen MR) is 57.4 cm³/mol. The first-order chi connectivity index (χ1) is 7.29. The Kier molecular flexibility index (Phi) is 2.89. The fourth-order valence-electron chi connectivity index (χ4n) is 1.40. The highest BCUT2D eigenvalue weighted by Crippen LogP contribution is 2.28. The molecule has 1 aliphatic rings. The van der Waals surface area contributed by atoms with E-state index in [-0.39, 0.29) is 0 Å². The van der Waals surface area contributed by atoms with Crippen molar-refractivity contribution in [3.05, 3.63) is 18.0 Å². The standard InChI is InChI=1S/C10H16N4O/c1-7-5-9(7)13-10(11-2)12-6-8-3-4-15-14-8/h3-4,7,9H,5-6H2,1-2H3,(H2,11,12,13). The summed E-state index contributed by atoms with van der Waals surface area (Å²) in [5.74, 6) is 1.59. The zero-order chi connectivity index (χ0) is 10.7. The van der Waals surface area contributed by atoms with Gasteiger partial charge in [0.15, 0.2) is 5.96 Å². The Morgan fingerprint density at radius 3 is 3.07 bits per heavy atom. The van der Waals surface area contributed by atoms with Crippen LogP contribution in [0.15, 0.2) is 21.8 Å². The van der Waals surface area contributed by atoms with Gasteiger partial charge in [-0.1, -0.05) is 12.1 Å². The van der Waals surface area contributed by atoms with E-state index >= 15 is 0 Å². The minimum atomic E-state index is 0.577. The van der Waals surface area contributed by atoms with Crippen LogP contribution in [0.5, 0.6) is 0 Å². The Balaban J connectivity index is 1.76. The first-order valence-electron chi connectivity index (χ1n) is 5.16. The maximum atomic E-state index is 4.74. The molecule has 1 heterocycles. The van der Waals surface area contributed by atoms with Crippen molar-refractivity contribution in [2.45, 2.75) is 25.9 Å². The van der Waals surface area contributed by atoms with Crippen LogP contribution in [-0.4, -0.2) is 24.2 Å². The lowest BCUT2D eigenvalue weighted by atomic mass is 10.4. The van der Waals surface area contributed by atoms with Crippen LogP contribution in [0.4, 0.5) is 0 Å². The fourth-order valence-corrected chi connectivity index (χ4v) is 1.40. The zero-order valence-electron chi connectivity index (χ0n) is 9.03. The van der Waals surface area contributed by atoms with Crippen molar-refractivity contribution < 1.29 is 4.52 Å². The smallest absolute Gasteiger partial charge is 0.191 e. The molecule has 2 unspecified atom stereocenters. The molecule has 1 aromatic heterocycles. The highest BCUT2D eigenvalue weighted by atomic mass is 16.5. The number of aromatic nitrogens is 1. The topological polar surface area (TPSA) is 62.5 Å². The quantitative estimate of drug-likeness (QED) is 0.568. The summed E-state index contributed by atoms with van der Waals surface area (Å²) in [5.41, 5.74) is 0.877. The third kappa shape index (κ3) is 2.71. The lowest BCUT2D eigenvalue weighted by Gasteiger charge is -2.09. The Hall–Kier alpha value is -1.52. The molecule has 15 heavy (non-hydrogen) atoms. The monoisotopic (exact) mass is 208 g/mol. The van der Waals surface area contributed by atoms with Gasteiger partial charge in [0.1, 0.15) is 12.0 Å². The van der Waals surface area contributed by atoms with Crippen LogP contribution in [0.25, 0.3) is 0 Å². The van der Waals surface area contributed by atoms with E-state index in [1.54, 1.807) is 13.3 Å². The molecule has 2 atom stereocenters. The molecular weight excluding hydrogens is 192 g/mol. The van der Waals surface area contributed by atoms with Crippen molar-refractivity contribution in [3.8, 4) is 0 Å². The third-order valence-corrected chi connectivity index (χ3v) is 2.58. The molecule has 1 aliphatic carbocycles. The number of guanidine groups is 1. The highest BCUT2D eigenvalue weighted by Gasteiger charge is 2.33. The van der Waals surface area contributed by atoms with Crippen molar-refractivity contribution in [3.63, 3.8) is 0 Å². The molecule has 0 amide bonds. The summed E-state index contributed by atoms with van der Waals surface area (Å²) in [5, 5.41) is 10.3.